The molecule has 1 aliphatic heterocycles. The van der Waals surface area contributed by atoms with Crippen LogP contribution >= 0.6 is 0 Å². The quantitative estimate of drug-likeness (QED) is 0.770. The lowest BCUT2D eigenvalue weighted by Gasteiger charge is -2.15. The largest absolute Gasteiger partial charge is 0.297 e. The minimum Gasteiger partial charge on any atom is -0.297 e. The number of aromatic nitrogens is 3. The van der Waals surface area contributed by atoms with Crippen molar-refractivity contribution in [2.45, 2.75) is 18.9 Å². The number of pyridine rings is 1. The van der Waals surface area contributed by atoms with Crippen molar-refractivity contribution in [3.8, 4) is 0 Å². The van der Waals surface area contributed by atoms with E-state index in [1.54, 1.807) is 16.8 Å². The Balaban J connectivity index is 2.08. The van der Waals surface area contributed by atoms with Crippen LogP contribution in [0.15, 0.2) is 23.1 Å². The Labute approximate surface area is 92.7 Å². The number of rotatable bonds is 1. The Bertz CT molecular complexity index is 571. The van der Waals surface area contributed by atoms with E-state index in [9.17, 15) is 4.79 Å². The topological polar surface area (TPSA) is 53.4 Å². The second-order valence-electron chi connectivity index (χ2n) is 4.34. The van der Waals surface area contributed by atoms with Crippen molar-refractivity contribution < 1.29 is 0 Å². The molecule has 2 aromatic heterocycles. The fourth-order valence-electron chi connectivity index (χ4n) is 2.33. The van der Waals surface area contributed by atoms with E-state index >= 15 is 0 Å². The smallest absolute Gasteiger partial charge is 0.183 e. The third-order valence-electron chi connectivity index (χ3n) is 3.21. The fraction of sp³-hybridized carbons (Fsp3) is 0.455. The van der Waals surface area contributed by atoms with Crippen LogP contribution in [-0.2, 0) is 0 Å². The van der Waals surface area contributed by atoms with Gasteiger partial charge in [0.15, 0.2) is 11.1 Å². The molecule has 84 valence electrons. The standard InChI is InChI=1S/C11H14N4O/c1-14-5-2-3-9(14)11-12-10-7-8(16)4-6-15(10)13-11/h4,6-7,9H,2-3,5H2,1H3,(H,12,13). The van der Waals surface area contributed by atoms with Gasteiger partial charge in [0.25, 0.3) is 0 Å². The summed E-state index contributed by atoms with van der Waals surface area (Å²) in [5.41, 5.74) is 0.695. The number of nitrogens with zero attached hydrogens (tertiary/aromatic N) is 3. The highest BCUT2D eigenvalue weighted by Gasteiger charge is 2.25. The first-order chi connectivity index (χ1) is 7.74. The predicted molar refractivity (Wildman–Crippen MR) is 60.4 cm³/mol. The van der Waals surface area contributed by atoms with Crippen LogP contribution in [0.4, 0.5) is 0 Å². The number of H-pyrrole nitrogens is 1. The summed E-state index contributed by atoms with van der Waals surface area (Å²) in [4.78, 5) is 18.0. The van der Waals surface area contributed by atoms with E-state index in [1.807, 2.05) is 0 Å². The Morgan fingerprint density at radius 1 is 1.56 bits per heavy atom. The lowest BCUT2D eigenvalue weighted by molar-refractivity contribution is 0.306. The zero-order chi connectivity index (χ0) is 11.1. The molecule has 0 spiro atoms. The van der Waals surface area contributed by atoms with Gasteiger partial charge in [-0.3, -0.25) is 14.8 Å². The maximum atomic E-state index is 11.2. The van der Waals surface area contributed by atoms with Crippen LogP contribution in [0.2, 0.25) is 0 Å². The van der Waals surface area contributed by atoms with Crippen LogP contribution in [0, 0.1) is 0 Å². The number of fused-ring (bicyclic) bond motifs is 1. The van der Waals surface area contributed by atoms with Crippen LogP contribution in [0.25, 0.3) is 5.65 Å². The third-order valence-corrected chi connectivity index (χ3v) is 3.21. The molecule has 0 aliphatic carbocycles. The van der Waals surface area contributed by atoms with Gasteiger partial charge < -0.3 is 0 Å². The molecule has 1 N–H and O–H groups in total. The normalized spacial score (nSPS) is 21.9. The molecule has 0 aromatic carbocycles. The molecule has 0 bridgehead atoms. The van der Waals surface area contributed by atoms with Gasteiger partial charge >= 0.3 is 0 Å². The zero-order valence-electron chi connectivity index (χ0n) is 9.18. The molecular formula is C11H14N4O. The Morgan fingerprint density at radius 2 is 2.44 bits per heavy atom. The molecule has 5 heteroatoms. The van der Waals surface area contributed by atoms with E-state index in [2.05, 4.69) is 22.0 Å². The lowest BCUT2D eigenvalue weighted by Crippen LogP contribution is -2.18. The first-order valence-corrected chi connectivity index (χ1v) is 5.52. The highest BCUT2D eigenvalue weighted by molar-refractivity contribution is 5.36. The molecule has 1 fully saturated rings. The SMILES string of the molecule is CN1CCCC1c1nc2cc(=O)ccn2[nH]1. The molecule has 0 radical (unpaired) electrons. The summed E-state index contributed by atoms with van der Waals surface area (Å²) in [6.45, 7) is 1.11. The Kier molecular flexibility index (Phi) is 2.07. The van der Waals surface area contributed by atoms with E-state index in [0.717, 1.165) is 18.8 Å². The van der Waals surface area contributed by atoms with E-state index in [4.69, 9.17) is 0 Å². The summed E-state index contributed by atoms with van der Waals surface area (Å²) in [6, 6.07) is 3.44. The van der Waals surface area contributed by atoms with Crippen LogP contribution in [0.5, 0.6) is 0 Å². The molecule has 1 aliphatic rings. The van der Waals surface area contributed by atoms with E-state index in [1.165, 1.54) is 12.5 Å². The van der Waals surface area contributed by atoms with Gasteiger partial charge in [0.1, 0.15) is 5.82 Å². The van der Waals surface area contributed by atoms with Gasteiger partial charge in [0.2, 0.25) is 0 Å². The van der Waals surface area contributed by atoms with Gasteiger partial charge in [0, 0.05) is 18.3 Å². The summed E-state index contributed by atoms with van der Waals surface area (Å²) in [5, 5.41) is 3.22. The summed E-state index contributed by atoms with van der Waals surface area (Å²) in [6.07, 6.45) is 4.06. The highest BCUT2D eigenvalue weighted by Crippen LogP contribution is 2.27. The maximum absolute atomic E-state index is 11.2. The minimum absolute atomic E-state index is 0.00201. The second-order valence-corrected chi connectivity index (χ2v) is 4.34. The molecule has 16 heavy (non-hydrogen) atoms. The van der Waals surface area contributed by atoms with Crippen LogP contribution in [0.1, 0.15) is 24.7 Å². The molecular weight excluding hydrogens is 204 g/mol. The zero-order valence-corrected chi connectivity index (χ0v) is 9.18. The first-order valence-electron chi connectivity index (χ1n) is 5.52. The van der Waals surface area contributed by atoms with Crippen molar-refractivity contribution in [2.24, 2.45) is 0 Å². The number of hydrogen-bond acceptors (Lipinski definition) is 3. The summed E-state index contributed by atoms with van der Waals surface area (Å²) < 4.78 is 1.79. The fourth-order valence-corrected chi connectivity index (χ4v) is 2.33. The van der Waals surface area contributed by atoms with Crippen LogP contribution < -0.4 is 5.43 Å². The Morgan fingerprint density at radius 3 is 3.19 bits per heavy atom. The predicted octanol–water partition coefficient (Wildman–Crippen LogP) is 0.789. The average molecular weight is 218 g/mol. The molecule has 5 nitrogen and oxygen atoms in total. The van der Waals surface area contributed by atoms with Gasteiger partial charge in [-0.1, -0.05) is 0 Å². The van der Waals surface area contributed by atoms with Crippen molar-refractivity contribution in [1.29, 1.82) is 0 Å². The average Bonchev–Trinajstić information content (AvgIpc) is 2.82. The number of aromatic amines is 1. The molecule has 1 unspecified atom stereocenters. The summed E-state index contributed by atoms with van der Waals surface area (Å²) >= 11 is 0. The monoisotopic (exact) mass is 218 g/mol. The van der Waals surface area contributed by atoms with Gasteiger partial charge in [-0.2, -0.15) is 0 Å². The molecule has 2 aromatic rings. The van der Waals surface area contributed by atoms with E-state index in [0.29, 0.717) is 11.7 Å². The highest BCUT2D eigenvalue weighted by atomic mass is 16.1. The number of nitrogens with one attached hydrogen (secondary N) is 1. The van der Waals surface area contributed by atoms with E-state index < -0.39 is 0 Å². The van der Waals surface area contributed by atoms with Gasteiger partial charge in [0.05, 0.1) is 6.04 Å². The van der Waals surface area contributed by atoms with Crippen LogP contribution in [0.3, 0.4) is 0 Å². The van der Waals surface area contributed by atoms with Crippen molar-refractivity contribution in [3.05, 3.63) is 34.4 Å². The molecule has 1 saturated heterocycles. The van der Waals surface area contributed by atoms with Crippen LogP contribution in [-0.4, -0.2) is 33.1 Å². The van der Waals surface area contributed by atoms with Gasteiger partial charge in [-0.15, -0.1) is 0 Å². The first kappa shape index (κ1) is 9.59. The second kappa shape index (κ2) is 3.45. The third kappa shape index (κ3) is 1.44. The van der Waals surface area contributed by atoms with Crippen molar-refractivity contribution >= 4 is 5.65 Å². The molecule has 3 rings (SSSR count). The van der Waals surface area contributed by atoms with E-state index in [-0.39, 0.29) is 5.43 Å². The maximum Gasteiger partial charge on any atom is 0.183 e. The van der Waals surface area contributed by atoms with Gasteiger partial charge in [-0.05, 0) is 26.4 Å². The molecule has 1 atom stereocenters. The van der Waals surface area contributed by atoms with Crippen molar-refractivity contribution in [2.75, 3.05) is 13.6 Å². The minimum atomic E-state index is -0.00201. The number of likely N-dealkylation sites (tertiary alicyclic amines) is 1. The lowest BCUT2D eigenvalue weighted by atomic mass is 10.2. The summed E-state index contributed by atoms with van der Waals surface area (Å²) in [5.74, 6) is 0.950. The van der Waals surface area contributed by atoms with Crippen molar-refractivity contribution in [1.82, 2.24) is 19.5 Å². The number of hydrogen-bond donors (Lipinski definition) is 1. The molecule has 3 heterocycles. The molecule has 0 saturated carbocycles. The Hall–Kier alpha value is -1.62. The summed E-state index contributed by atoms with van der Waals surface area (Å²) in [7, 11) is 2.11. The van der Waals surface area contributed by atoms with Crippen molar-refractivity contribution in [3.63, 3.8) is 0 Å². The molecule has 0 amide bonds. The van der Waals surface area contributed by atoms with Gasteiger partial charge in [-0.25, -0.2) is 9.50 Å².